The second kappa shape index (κ2) is 4.42. The van der Waals surface area contributed by atoms with E-state index in [4.69, 9.17) is 15.6 Å². The van der Waals surface area contributed by atoms with Crippen molar-refractivity contribution in [2.45, 2.75) is 25.3 Å². The van der Waals surface area contributed by atoms with Gasteiger partial charge in [-0.3, -0.25) is 4.79 Å². The first kappa shape index (κ1) is 9.48. The first-order valence-corrected chi connectivity index (χ1v) is 4.27. The number of hydrogen-bond acceptors (Lipinski definition) is 4. The molecule has 0 aromatic rings. The fraction of sp³-hybridized carbons (Fsp3) is 0.875. The van der Waals surface area contributed by atoms with Gasteiger partial charge >= 0.3 is 5.97 Å². The van der Waals surface area contributed by atoms with Crippen LogP contribution in [0.5, 0.6) is 0 Å². The molecule has 1 aliphatic carbocycles. The van der Waals surface area contributed by atoms with E-state index in [1.807, 2.05) is 0 Å². The maximum Gasteiger partial charge on any atom is 0.323 e. The summed E-state index contributed by atoms with van der Waals surface area (Å²) in [6.07, 6.45) is 2.59. The molecule has 1 aliphatic rings. The molecule has 0 heterocycles. The highest BCUT2D eigenvalue weighted by Crippen LogP contribution is 2.28. The lowest BCUT2D eigenvalue weighted by molar-refractivity contribution is -0.146. The minimum atomic E-state index is -0.659. The lowest BCUT2D eigenvalue weighted by atomic mass is 10.2. The maximum absolute atomic E-state index is 11.0. The first-order valence-electron chi connectivity index (χ1n) is 4.27. The summed E-state index contributed by atoms with van der Waals surface area (Å²) >= 11 is 0. The lowest BCUT2D eigenvalue weighted by Gasteiger charge is -2.09. The molecule has 0 radical (unpaired) electrons. The molecule has 0 amide bonds. The monoisotopic (exact) mass is 173 g/mol. The molecule has 0 aromatic heterocycles. The summed E-state index contributed by atoms with van der Waals surface area (Å²) in [5.41, 5.74) is 5.40. The van der Waals surface area contributed by atoms with E-state index in [2.05, 4.69) is 0 Å². The predicted octanol–water partition coefficient (Wildman–Crippen LogP) is -0.351. The van der Waals surface area contributed by atoms with E-state index >= 15 is 0 Å². The van der Waals surface area contributed by atoms with Crippen LogP contribution in [0.4, 0.5) is 0 Å². The van der Waals surface area contributed by atoms with Crippen LogP contribution in [-0.4, -0.2) is 30.3 Å². The summed E-state index contributed by atoms with van der Waals surface area (Å²) < 4.78 is 4.91. The number of carbonyl (C=O) groups excluding carboxylic acids is 1. The van der Waals surface area contributed by atoms with Gasteiger partial charge in [0, 0.05) is 6.61 Å². The Labute approximate surface area is 71.7 Å². The third-order valence-corrected chi connectivity index (χ3v) is 1.90. The number of esters is 1. The summed E-state index contributed by atoms with van der Waals surface area (Å²) in [6.45, 7) is 0.428. The molecule has 1 fully saturated rings. The number of aliphatic hydroxyl groups excluding tert-OH is 1. The molecule has 70 valence electrons. The van der Waals surface area contributed by atoms with Gasteiger partial charge < -0.3 is 15.6 Å². The Balaban J connectivity index is 2.07. The van der Waals surface area contributed by atoms with Crippen molar-refractivity contribution in [2.75, 3.05) is 13.2 Å². The third-order valence-electron chi connectivity index (χ3n) is 1.90. The Bertz CT molecular complexity index is 156. The van der Waals surface area contributed by atoms with E-state index < -0.39 is 12.0 Å². The maximum atomic E-state index is 11.0. The highest BCUT2D eigenvalue weighted by Gasteiger charge is 2.24. The fourth-order valence-electron chi connectivity index (χ4n) is 0.848. The Morgan fingerprint density at radius 2 is 2.33 bits per heavy atom. The van der Waals surface area contributed by atoms with Crippen molar-refractivity contribution in [3.05, 3.63) is 0 Å². The summed E-state index contributed by atoms with van der Waals surface area (Å²) in [5.74, 6) is 0.172. The van der Waals surface area contributed by atoms with Crippen LogP contribution in [0.25, 0.3) is 0 Å². The molecule has 1 saturated carbocycles. The van der Waals surface area contributed by atoms with Crippen molar-refractivity contribution in [1.82, 2.24) is 0 Å². The van der Waals surface area contributed by atoms with Gasteiger partial charge in [-0.15, -0.1) is 0 Å². The number of nitrogens with two attached hydrogens (primary N) is 1. The van der Waals surface area contributed by atoms with Gasteiger partial charge in [-0.05, 0) is 25.2 Å². The highest BCUT2D eigenvalue weighted by molar-refractivity contribution is 5.75. The normalized spacial score (nSPS) is 18.8. The van der Waals surface area contributed by atoms with Gasteiger partial charge in [0.1, 0.15) is 6.04 Å². The van der Waals surface area contributed by atoms with E-state index in [0.29, 0.717) is 12.5 Å². The van der Waals surface area contributed by atoms with Crippen LogP contribution in [0.3, 0.4) is 0 Å². The van der Waals surface area contributed by atoms with Gasteiger partial charge in [-0.2, -0.15) is 0 Å². The van der Waals surface area contributed by atoms with Gasteiger partial charge in [0.2, 0.25) is 0 Å². The van der Waals surface area contributed by atoms with Crippen LogP contribution in [-0.2, 0) is 9.53 Å². The van der Waals surface area contributed by atoms with Crippen molar-refractivity contribution in [2.24, 2.45) is 11.7 Å². The quantitative estimate of drug-likeness (QED) is 0.557. The number of carbonyl (C=O) groups is 1. The molecule has 0 unspecified atom stereocenters. The highest BCUT2D eigenvalue weighted by atomic mass is 16.5. The minimum absolute atomic E-state index is 0.0697. The molecule has 1 rings (SSSR count). The molecule has 4 heteroatoms. The molecule has 1 atom stereocenters. The Morgan fingerprint density at radius 1 is 1.67 bits per heavy atom. The summed E-state index contributed by atoms with van der Waals surface area (Å²) in [6, 6.07) is -0.659. The average Bonchev–Trinajstić information content (AvgIpc) is 2.83. The standard InChI is InChI=1S/C8H15NO3/c9-7(3-4-10)8(11)12-5-6-1-2-6/h6-7,10H,1-5,9H2/t7-/m1/s1. The molecule has 0 aliphatic heterocycles. The largest absolute Gasteiger partial charge is 0.464 e. The first-order chi connectivity index (χ1) is 5.74. The van der Waals surface area contributed by atoms with Gasteiger partial charge in [0.15, 0.2) is 0 Å². The number of hydrogen-bond donors (Lipinski definition) is 2. The summed E-state index contributed by atoms with van der Waals surface area (Å²) in [5, 5.41) is 8.49. The van der Waals surface area contributed by atoms with Crippen LogP contribution >= 0.6 is 0 Å². The summed E-state index contributed by atoms with van der Waals surface area (Å²) in [4.78, 5) is 11.0. The fourth-order valence-corrected chi connectivity index (χ4v) is 0.848. The SMILES string of the molecule is N[C@H](CCO)C(=O)OCC1CC1. The van der Waals surface area contributed by atoms with Crippen molar-refractivity contribution >= 4 is 5.97 Å². The average molecular weight is 173 g/mol. The molecule has 0 saturated heterocycles. The van der Waals surface area contributed by atoms with Crippen molar-refractivity contribution < 1.29 is 14.6 Å². The zero-order valence-electron chi connectivity index (χ0n) is 7.03. The molecule has 0 aromatic carbocycles. The van der Waals surface area contributed by atoms with Gasteiger partial charge in [0.05, 0.1) is 6.61 Å². The van der Waals surface area contributed by atoms with Crippen LogP contribution < -0.4 is 5.73 Å². The van der Waals surface area contributed by atoms with E-state index in [9.17, 15) is 4.79 Å². The Kier molecular flexibility index (Phi) is 3.49. The Morgan fingerprint density at radius 3 is 2.83 bits per heavy atom. The van der Waals surface area contributed by atoms with E-state index in [0.717, 1.165) is 12.8 Å². The van der Waals surface area contributed by atoms with E-state index in [-0.39, 0.29) is 13.0 Å². The van der Waals surface area contributed by atoms with Gasteiger partial charge in [-0.25, -0.2) is 0 Å². The molecule has 12 heavy (non-hydrogen) atoms. The molecule has 0 bridgehead atoms. The predicted molar refractivity (Wildman–Crippen MR) is 43.4 cm³/mol. The van der Waals surface area contributed by atoms with Crippen LogP contribution in [0.1, 0.15) is 19.3 Å². The van der Waals surface area contributed by atoms with Gasteiger partial charge in [0.25, 0.3) is 0 Å². The van der Waals surface area contributed by atoms with Crippen molar-refractivity contribution in [3.8, 4) is 0 Å². The minimum Gasteiger partial charge on any atom is -0.464 e. The van der Waals surface area contributed by atoms with Crippen LogP contribution in [0.2, 0.25) is 0 Å². The number of rotatable bonds is 5. The van der Waals surface area contributed by atoms with E-state index in [1.165, 1.54) is 0 Å². The zero-order chi connectivity index (χ0) is 8.97. The number of ether oxygens (including phenoxy) is 1. The van der Waals surface area contributed by atoms with Crippen molar-refractivity contribution in [1.29, 1.82) is 0 Å². The van der Waals surface area contributed by atoms with Gasteiger partial charge in [-0.1, -0.05) is 0 Å². The van der Waals surface area contributed by atoms with Crippen molar-refractivity contribution in [3.63, 3.8) is 0 Å². The number of aliphatic hydroxyl groups is 1. The summed E-state index contributed by atoms with van der Waals surface area (Å²) in [7, 11) is 0. The molecule has 0 spiro atoms. The molecular formula is C8H15NO3. The molecule has 4 nitrogen and oxygen atoms in total. The lowest BCUT2D eigenvalue weighted by Crippen LogP contribution is -2.33. The van der Waals surface area contributed by atoms with Crippen LogP contribution in [0, 0.1) is 5.92 Å². The topological polar surface area (TPSA) is 72.5 Å². The smallest absolute Gasteiger partial charge is 0.323 e. The van der Waals surface area contributed by atoms with Crippen LogP contribution in [0.15, 0.2) is 0 Å². The Hall–Kier alpha value is -0.610. The third kappa shape index (κ3) is 3.19. The van der Waals surface area contributed by atoms with E-state index in [1.54, 1.807) is 0 Å². The zero-order valence-corrected chi connectivity index (χ0v) is 7.03. The molecular weight excluding hydrogens is 158 g/mol. The second-order valence-corrected chi connectivity index (χ2v) is 3.19. The second-order valence-electron chi connectivity index (χ2n) is 3.19. The molecule has 3 N–H and O–H groups in total.